The Labute approximate surface area is 180 Å². The molecule has 2 aromatic heterocycles. The molecule has 0 amide bonds. The van der Waals surface area contributed by atoms with E-state index in [0.29, 0.717) is 12.1 Å². The van der Waals surface area contributed by atoms with Crippen LogP contribution < -0.4 is 10.6 Å². The Morgan fingerprint density at radius 2 is 1.93 bits per heavy atom. The summed E-state index contributed by atoms with van der Waals surface area (Å²) >= 11 is 0. The Morgan fingerprint density at radius 1 is 1.19 bits per heavy atom. The van der Waals surface area contributed by atoms with Crippen LogP contribution in [0.15, 0.2) is 35.6 Å². The van der Waals surface area contributed by atoms with Crippen molar-refractivity contribution in [3.8, 4) is 0 Å². The minimum Gasteiger partial charge on any atom is -0.357 e. The van der Waals surface area contributed by atoms with Gasteiger partial charge in [-0.2, -0.15) is 0 Å². The second-order valence-electron chi connectivity index (χ2n) is 7.06. The fourth-order valence-corrected chi connectivity index (χ4v) is 3.15. The molecule has 27 heavy (non-hydrogen) atoms. The molecule has 2 aromatic rings. The van der Waals surface area contributed by atoms with E-state index in [1.807, 2.05) is 24.4 Å². The van der Waals surface area contributed by atoms with Gasteiger partial charge in [-0.25, -0.2) is 4.98 Å². The molecule has 0 aliphatic heterocycles. The largest absolute Gasteiger partial charge is 0.357 e. The van der Waals surface area contributed by atoms with Crippen LogP contribution in [-0.4, -0.2) is 58.5 Å². The highest BCUT2D eigenvalue weighted by Gasteiger charge is 2.12. The van der Waals surface area contributed by atoms with Crippen molar-refractivity contribution in [2.24, 2.45) is 4.99 Å². The van der Waals surface area contributed by atoms with Gasteiger partial charge in [0.25, 0.3) is 0 Å². The number of hydrogen-bond donors (Lipinski definition) is 2. The lowest BCUT2D eigenvalue weighted by Gasteiger charge is -2.29. The molecule has 0 atom stereocenters. The van der Waals surface area contributed by atoms with Crippen molar-refractivity contribution in [2.75, 3.05) is 26.2 Å². The number of pyridine rings is 1. The zero-order valence-electron chi connectivity index (χ0n) is 17.3. The molecular formula is C20H35IN6. The minimum atomic E-state index is 0. The van der Waals surface area contributed by atoms with Gasteiger partial charge in [-0.3, -0.25) is 9.89 Å². The molecule has 2 N–H and O–H groups in total. The molecule has 152 valence electrons. The lowest BCUT2D eigenvalue weighted by molar-refractivity contribution is 0.181. The summed E-state index contributed by atoms with van der Waals surface area (Å²) in [6.07, 6.45) is 4.99. The number of nitrogens with zero attached hydrogens (tertiary/aromatic N) is 4. The van der Waals surface area contributed by atoms with Crippen molar-refractivity contribution < 1.29 is 0 Å². The van der Waals surface area contributed by atoms with E-state index in [1.165, 1.54) is 0 Å². The van der Waals surface area contributed by atoms with Crippen LogP contribution in [0.25, 0.3) is 5.65 Å². The number of aromatic nitrogens is 2. The molecule has 2 heterocycles. The van der Waals surface area contributed by atoms with Crippen LogP contribution in [0.5, 0.6) is 0 Å². The second kappa shape index (κ2) is 12.2. The summed E-state index contributed by atoms with van der Waals surface area (Å²) in [5.41, 5.74) is 2.08. The Morgan fingerprint density at radius 3 is 2.56 bits per heavy atom. The van der Waals surface area contributed by atoms with Crippen molar-refractivity contribution >= 4 is 35.6 Å². The highest BCUT2D eigenvalue weighted by atomic mass is 127. The van der Waals surface area contributed by atoms with Crippen molar-refractivity contribution in [3.05, 3.63) is 36.3 Å². The predicted octanol–water partition coefficient (Wildman–Crippen LogP) is 3.17. The van der Waals surface area contributed by atoms with Crippen LogP contribution in [0.4, 0.5) is 0 Å². The molecule has 0 spiro atoms. The zero-order valence-corrected chi connectivity index (χ0v) is 19.6. The molecule has 0 saturated carbocycles. The first-order valence-corrected chi connectivity index (χ1v) is 9.71. The van der Waals surface area contributed by atoms with E-state index in [-0.39, 0.29) is 24.0 Å². The number of aliphatic imine (C=N–C) groups is 1. The summed E-state index contributed by atoms with van der Waals surface area (Å²) in [5, 5.41) is 6.74. The van der Waals surface area contributed by atoms with Crippen LogP contribution in [0.3, 0.4) is 0 Å². The molecule has 0 saturated heterocycles. The Bertz CT molecular complexity index is 654. The average molecular weight is 486 g/mol. The standard InChI is InChI=1S/C20H34N6.HI/c1-6-21-20(23-12-14-26(16(2)3)17(4)5)22-11-10-18-15-25-13-8-7-9-19(25)24-18;/h7-9,13,15-17H,6,10-12,14H2,1-5H3,(H2,21,22,23);1H. The van der Waals surface area contributed by atoms with Gasteiger partial charge < -0.3 is 15.0 Å². The van der Waals surface area contributed by atoms with Crippen molar-refractivity contribution in [3.63, 3.8) is 0 Å². The van der Waals surface area contributed by atoms with Gasteiger partial charge in [-0.1, -0.05) is 6.07 Å². The van der Waals surface area contributed by atoms with E-state index in [1.54, 1.807) is 0 Å². The van der Waals surface area contributed by atoms with Gasteiger partial charge in [0, 0.05) is 50.5 Å². The number of halogens is 1. The first kappa shape index (κ1) is 23.7. The summed E-state index contributed by atoms with van der Waals surface area (Å²) < 4.78 is 2.06. The summed E-state index contributed by atoms with van der Waals surface area (Å²) in [6, 6.07) is 7.13. The van der Waals surface area contributed by atoms with Gasteiger partial charge in [0.1, 0.15) is 5.65 Å². The van der Waals surface area contributed by atoms with Crippen LogP contribution in [0.2, 0.25) is 0 Å². The van der Waals surface area contributed by atoms with Crippen molar-refractivity contribution in [1.29, 1.82) is 0 Å². The number of hydrogen-bond acceptors (Lipinski definition) is 3. The molecule has 0 aliphatic carbocycles. The molecular weight excluding hydrogens is 451 g/mol. The van der Waals surface area contributed by atoms with E-state index in [4.69, 9.17) is 4.99 Å². The molecule has 0 aromatic carbocycles. The van der Waals surface area contributed by atoms with Gasteiger partial charge in [0.05, 0.1) is 12.2 Å². The third-order valence-electron chi connectivity index (χ3n) is 4.39. The monoisotopic (exact) mass is 486 g/mol. The van der Waals surface area contributed by atoms with Crippen LogP contribution in [0, 0.1) is 0 Å². The number of rotatable bonds is 9. The lowest BCUT2D eigenvalue weighted by atomic mass is 10.2. The van der Waals surface area contributed by atoms with Crippen LogP contribution in [-0.2, 0) is 6.42 Å². The summed E-state index contributed by atoms with van der Waals surface area (Å²) in [4.78, 5) is 11.8. The molecule has 0 radical (unpaired) electrons. The smallest absolute Gasteiger partial charge is 0.191 e. The van der Waals surface area contributed by atoms with Crippen LogP contribution >= 0.6 is 24.0 Å². The van der Waals surface area contributed by atoms with Crippen molar-refractivity contribution in [1.82, 2.24) is 24.9 Å². The van der Waals surface area contributed by atoms with E-state index in [9.17, 15) is 0 Å². The first-order chi connectivity index (χ1) is 12.5. The topological polar surface area (TPSA) is 57.0 Å². The fourth-order valence-electron chi connectivity index (χ4n) is 3.15. The lowest BCUT2D eigenvalue weighted by Crippen LogP contribution is -2.41. The van der Waals surface area contributed by atoms with E-state index < -0.39 is 0 Å². The van der Waals surface area contributed by atoms with E-state index in [0.717, 1.165) is 49.9 Å². The Kier molecular flexibility index (Phi) is 10.7. The number of guanidine groups is 1. The highest BCUT2D eigenvalue weighted by molar-refractivity contribution is 14.0. The van der Waals surface area contributed by atoms with Gasteiger partial charge >= 0.3 is 0 Å². The summed E-state index contributed by atoms with van der Waals surface area (Å²) in [7, 11) is 0. The molecule has 0 aliphatic rings. The maximum atomic E-state index is 4.72. The highest BCUT2D eigenvalue weighted by Crippen LogP contribution is 2.05. The number of fused-ring (bicyclic) bond motifs is 1. The fraction of sp³-hybridized carbons (Fsp3) is 0.600. The summed E-state index contributed by atoms with van der Waals surface area (Å²) in [5.74, 6) is 0.878. The molecule has 0 fully saturated rings. The zero-order chi connectivity index (χ0) is 18.9. The average Bonchev–Trinajstić information content (AvgIpc) is 3.00. The van der Waals surface area contributed by atoms with Gasteiger partial charge in [-0.15, -0.1) is 24.0 Å². The minimum absolute atomic E-state index is 0. The first-order valence-electron chi connectivity index (χ1n) is 9.71. The summed E-state index contributed by atoms with van der Waals surface area (Å²) in [6.45, 7) is 14.5. The normalized spacial score (nSPS) is 12.1. The molecule has 7 heteroatoms. The second-order valence-corrected chi connectivity index (χ2v) is 7.06. The Balaban J connectivity index is 0.00000364. The quantitative estimate of drug-likeness (QED) is 0.325. The molecule has 2 rings (SSSR count). The van der Waals surface area contributed by atoms with Gasteiger partial charge in [-0.05, 0) is 46.8 Å². The Hall–Kier alpha value is -1.35. The molecule has 6 nitrogen and oxygen atoms in total. The van der Waals surface area contributed by atoms with Gasteiger partial charge in [0.15, 0.2) is 5.96 Å². The molecule has 0 unspecified atom stereocenters. The maximum Gasteiger partial charge on any atom is 0.191 e. The van der Waals surface area contributed by atoms with Gasteiger partial charge in [0.2, 0.25) is 0 Å². The SMILES string of the molecule is CCNC(=NCCN(C(C)C)C(C)C)NCCc1cn2ccccc2n1.I. The van der Waals surface area contributed by atoms with Crippen LogP contribution in [0.1, 0.15) is 40.3 Å². The van der Waals surface area contributed by atoms with E-state index >= 15 is 0 Å². The number of imidazole rings is 1. The third-order valence-corrected chi connectivity index (χ3v) is 4.39. The number of nitrogens with one attached hydrogen (secondary N) is 2. The van der Waals surface area contributed by atoms with Crippen molar-refractivity contribution in [2.45, 2.75) is 53.1 Å². The predicted molar refractivity (Wildman–Crippen MR) is 125 cm³/mol. The maximum absolute atomic E-state index is 4.72. The van der Waals surface area contributed by atoms with E-state index in [2.05, 4.69) is 65.7 Å². The third kappa shape index (κ3) is 7.65. The molecule has 0 bridgehead atoms.